The molecule has 3 heteroatoms. The summed E-state index contributed by atoms with van der Waals surface area (Å²) >= 11 is 0. The van der Waals surface area contributed by atoms with Crippen molar-refractivity contribution in [2.24, 2.45) is 0 Å². The summed E-state index contributed by atoms with van der Waals surface area (Å²) in [4.78, 5) is 11.2. The number of hydrogen-bond donors (Lipinski definition) is 0. The quantitative estimate of drug-likeness (QED) is 0.317. The molecular weight excluding hydrogens is 204 g/mol. The highest BCUT2D eigenvalue weighted by atomic mass is 28.3. The standard InChI is InChI=1S/C12H20O2Si/c1-9(11(3)12(13)14-4)8-10(2)15(5,6)7/h8H,1,3H2,2,4-7H3. The molecule has 0 aromatic rings. The molecule has 0 fully saturated rings. The molecule has 0 saturated heterocycles. The van der Waals surface area contributed by atoms with Gasteiger partial charge in [0.1, 0.15) is 0 Å². The first-order valence-electron chi connectivity index (χ1n) is 4.85. The van der Waals surface area contributed by atoms with E-state index in [4.69, 9.17) is 0 Å². The molecule has 0 bridgehead atoms. The summed E-state index contributed by atoms with van der Waals surface area (Å²) in [6.07, 6.45) is 1.94. The third-order valence-electron chi connectivity index (χ3n) is 2.39. The van der Waals surface area contributed by atoms with E-state index in [1.54, 1.807) is 0 Å². The largest absolute Gasteiger partial charge is 0.465 e. The number of carbonyl (C=O) groups excluding carboxylic acids is 1. The molecule has 0 spiro atoms. The van der Waals surface area contributed by atoms with Crippen LogP contribution in [0.25, 0.3) is 0 Å². The van der Waals surface area contributed by atoms with Crippen LogP contribution >= 0.6 is 0 Å². The molecule has 0 aromatic carbocycles. The van der Waals surface area contributed by atoms with E-state index in [9.17, 15) is 4.79 Å². The number of hydrogen-bond acceptors (Lipinski definition) is 2. The SMILES string of the molecule is C=C(C=C(C)[Si](C)(C)C)C(=C)C(=O)OC. The van der Waals surface area contributed by atoms with Gasteiger partial charge >= 0.3 is 5.97 Å². The Morgan fingerprint density at radius 1 is 1.27 bits per heavy atom. The van der Waals surface area contributed by atoms with E-state index >= 15 is 0 Å². The van der Waals surface area contributed by atoms with Crippen LogP contribution in [0.1, 0.15) is 6.92 Å². The summed E-state index contributed by atoms with van der Waals surface area (Å²) in [5.41, 5.74) is 0.969. The lowest BCUT2D eigenvalue weighted by atomic mass is 10.1. The number of methoxy groups -OCH3 is 1. The Labute approximate surface area is 93.3 Å². The molecular formula is C12H20O2Si. The molecule has 0 radical (unpaired) electrons. The molecule has 0 unspecified atom stereocenters. The third-order valence-corrected chi connectivity index (χ3v) is 4.90. The Morgan fingerprint density at radius 3 is 2.07 bits per heavy atom. The van der Waals surface area contributed by atoms with Gasteiger partial charge in [0.2, 0.25) is 0 Å². The maximum atomic E-state index is 11.2. The van der Waals surface area contributed by atoms with Crippen LogP contribution in [0.15, 0.2) is 35.6 Å². The highest BCUT2D eigenvalue weighted by Crippen LogP contribution is 2.18. The molecule has 0 aliphatic rings. The zero-order chi connectivity index (χ0) is 12.2. The molecule has 84 valence electrons. The molecule has 0 saturated carbocycles. The molecule has 0 atom stereocenters. The topological polar surface area (TPSA) is 26.3 Å². The predicted octanol–water partition coefficient (Wildman–Crippen LogP) is 3.10. The summed E-state index contributed by atoms with van der Waals surface area (Å²) in [7, 11) is 0.0360. The minimum Gasteiger partial charge on any atom is -0.465 e. The van der Waals surface area contributed by atoms with Crippen molar-refractivity contribution < 1.29 is 9.53 Å². The molecule has 0 N–H and O–H groups in total. The van der Waals surface area contributed by atoms with Crippen LogP contribution in [0.3, 0.4) is 0 Å². The van der Waals surface area contributed by atoms with Crippen LogP contribution in [-0.2, 0) is 9.53 Å². The van der Waals surface area contributed by atoms with Crippen molar-refractivity contribution in [3.63, 3.8) is 0 Å². The summed E-state index contributed by atoms with van der Waals surface area (Å²) in [5, 5.41) is 1.29. The molecule has 0 heterocycles. The van der Waals surface area contributed by atoms with Gasteiger partial charge in [-0.05, 0) is 12.5 Å². The van der Waals surface area contributed by atoms with Crippen molar-refractivity contribution in [3.8, 4) is 0 Å². The van der Waals surface area contributed by atoms with Gasteiger partial charge < -0.3 is 4.74 Å². The molecule has 0 aliphatic carbocycles. The first-order chi connectivity index (χ1) is 6.70. The summed E-state index contributed by atoms with van der Waals surface area (Å²) < 4.78 is 4.58. The molecule has 0 rings (SSSR count). The van der Waals surface area contributed by atoms with Crippen molar-refractivity contribution >= 4 is 14.0 Å². The second-order valence-corrected chi connectivity index (χ2v) is 9.86. The summed E-state index contributed by atoms with van der Waals surface area (Å²) in [6, 6.07) is 0. The van der Waals surface area contributed by atoms with Gasteiger partial charge in [-0.3, -0.25) is 0 Å². The van der Waals surface area contributed by atoms with Crippen molar-refractivity contribution in [3.05, 3.63) is 35.6 Å². The van der Waals surface area contributed by atoms with E-state index in [0.29, 0.717) is 11.1 Å². The van der Waals surface area contributed by atoms with Crippen LogP contribution in [0, 0.1) is 0 Å². The number of carbonyl (C=O) groups is 1. The summed E-state index contributed by atoms with van der Waals surface area (Å²) in [6.45, 7) is 16.3. The minimum atomic E-state index is -1.31. The Hall–Kier alpha value is -1.09. The average Bonchev–Trinajstić information content (AvgIpc) is 2.13. The average molecular weight is 224 g/mol. The van der Waals surface area contributed by atoms with Crippen molar-refractivity contribution in [1.29, 1.82) is 0 Å². The van der Waals surface area contributed by atoms with Gasteiger partial charge in [-0.2, -0.15) is 0 Å². The zero-order valence-electron chi connectivity index (χ0n) is 10.3. The molecule has 0 amide bonds. The van der Waals surface area contributed by atoms with Gasteiger partial charge in [-0.1, -0.05) is 44.1 Å². The number of esters is 1. The highest BCUT2D eigenvalue weighted by Gasteiger charge is 2.16. The first-order valence-corrected chi connectivity index (χ1v) is 8.35. The maximum absolute atomic E-state index is 11.2. The maximum Gasteiger partial charge on any atom is 0.337 e. The van der Waals surface area contributed by atoms with E-state index in [2.05, 4.69) is 44.5 Å². The lowest BCUT2D eigenvalue weighted by Gasteiger charge is -2.17. The fourth-order valence-corrected chi connectivity index (χ4v) is 1.43. The fourth-order valence-electron chi connectivity index (χ4n) is 0.819. The lowest BCUT2D eigenvalue weighted by Crippen LogP contribution is -2.22. The normalized spacial score (nSPS) is 12.2. The van der Waals surface area contributed by atoms with E-state index in [1.807, 2.05) is 6.08 Å². The van der Waals surface area contributed by atoms with Gasteiger partial charge in [-0.15, -0.1) is 0 Å². The monoisotopic (exact) mass is 224 g/mol. The fraction of sp³-hybridized carbons (Fsp3) is 0.417. The van der Waals surface area contributed by atoms with Crippen molar-refractivity contribution in [2.45, 2.75) is 26.6 Å². The van der Waals surface area contributed by atoms with E-state index < -0.39 is 14.0 Å². The van der Waals surface area contributed by atoms with E-state index in [0.717, 1.165) is 0 Å². The molecule has 2 nitrogen and oxygen atoms in total. The Morgan fingerprint density at radius 2 is 1.73 bits per heavy atom. The Balaban J connectivity index is 4.78. The van der Waals surface area contributed by atoms with Gasteiger partial charge in [0.05, 0.1) is 20.8 Å². The zero-order valence-corrected chi connectivity index (χ0v) is 11.3. The smallest absolute Gasteiger partial charge is 0.337 e. The highest BCUT2D eigenvalue weighted by molar-refractivity contribution is 6.83. The first kappa shape index (κ1) is 13.9. The van der Waals surface area contributed by atoms with E-state index in [1.165, 1.54) is 12.3 Å². The Bertz CT molecular complexity index is 319. The van der Waals surface area contributed by atoms with Crippen LogP contribution in [-0.4, -0.2) is 21.2 Å². The van der Waals surface area contributed by atoms with Crippen molar-refractivity contribution in [2.75, 3.05) is 7.11 Å². The van der Waals surface area contributed by atoms with E-state index in [-0.39, 0.29) is 0 Å². The minimum absolute atomic E-state index is 0.329. The molecule has 15 heavy (non-hydrogen) atoms. The van der Waals surface area contributed by atoms with Crippen molar-refractivity contribution in [1.82, 2.24) is 0 Å². The Kier molecular flexibility index (Phi) is 4.75. The second-order valence-electron chi connectivity index (χ2n) is 4.57. The van der Waals surface area contributed by atoms with Gasteiger partial charge in [0.15, 0.2) is 0 Å². The van der Waals surface area contributed by atoms with Crippen LogP contribution in [0.4, 0.5) is 0 Å². The van der Waals surface area contributed by atoms with Crippen LogP contribution in [0.5, 0.6) is 0 Å². The third kappa shape index (κ3) is 4.30. The molecule has 0 aromatic heterocycles. The van der Waals surface area contributed by atoms with Gasteiger partial charge in [0, 0.05) is 0 Å². The second kappa shape index (κ2) is 5.12. The van der Waals surface area contributed by atoms with Crippen LogP contribution < -0.4 is 0 Å². The van der Waals surface area contributed by atoms with Gasteiger partial charge in [0.25, 0.3) is 0 Å². The van der Waals surface area contributed by atoms with Crippen LogP contribution in [0.2, 0.25) is 19.6 Å². The number of rotatable bonds is 4. The lowest BCUT2D eigenvalue weighted by molar-refractivity contribution is -0.135. The number of allylic oxidation sites excluding steroid dienone is 2. The molecule has 0 aliphatic heterocycles. The van der Waals surface area contributed by atoms with Gasteiger partial charge in [-0.25, -0.2) is 4.79 Å². The predicted molar refractivity (Wildman–Crippen MR) is 67.4 cm³/mol. The number of ether oxygens (including phenoxy) is 1. The summed E-state index contributed by atoms with van der Waals surface area (Å²) in [5.74, 6) is -0.417.